The van der Waals surface area contributed by atoms with Gasteiger partial charge >= 0.3 is 6.09 Å². The Kier molecular flexibility index (Phi) is 7.47. The first-order valence-electron chi connectivity index (χ1n) is 10.4. The summed E-state index contributed by atoms with van der Waals surface area (Å²) in [6.07, 6.45) is -0.638. The van der Waals surface area contributed by atoms with Crippen molar-refractivity contribution in [1.29, 1.82) is 0 Å². The van der Waals surface area contributed by atoms with Crippen molar-refractivity contribution in [3.63, 3.8) is 0 Å². The quantitative estimate of drug-likeness (QED) is 0.627. The van der Waals surface area contributed by atoms with Crippen LogP contribution in [0.3, 0.4) is 0 Å². The van der Waals surface area contributed by atoms with E-state index < -0.39 is 27.4 Å². The number of ether oxygens (including phenoxy) is 3. The maximum atomic E-state index is 12.6. The number of amides is 2. The molecule has 1 N–H and O–H groups in total. The molecule has 0 aliphatic carbocycles. The predicted octanol–water partition coefficient (Wildman–Crippen LogP) is 2.22. The fourth-order valence-corrected chi connectivity index (χ4v) is 7.50. The third-order valence-electron chi connectivity index (χ3n) is 4.94. The van der Waals surface area contributed by atoms with Gasteiger partial charge in [-0.3, -0.25) is 4.79 Å². The number of hydrogen-bond donors (Lipinski definition) is 1. The van der Waals surface area contributed by atoms with Crippen LogP contribution in [0, 0.1) is 0 Å². The molecule has 0 spiro atoms. The Morgan fingerprint density at radius 1 is 1.21 bits per heavy atom. The SMILES string of the molecule is COc1ccc(OC)c(N2C(=NC(=O)CCNC(=O)OC(C)(C)C)S[C@@H]3CS(=O)(=O)C[C@@H]32)c1. The van der Waals surface area contributed by atoms with Gasteiger partial charge in [-0.2, -0.15) is 4.99 Å². The molecule has 0 aromatic heterocycles. The average molecular weight is 500 g/mol. The fourth-order valence-electron chi connectivity index (χ4n) is 3.58. The van der Waals surface area contributed by atoms with Crippen molar-refractivity contribution in [2.24, 2.45) is 4.99 Å². The van der Waals surface area contributed by atoms with Crippen LogP contribution in [0.1, 0.15) is 27.2 Å². The number of nitrogens with zero attached hydrogens (tertiary/aromatic N) is 2. The summed E-state index contributed by atoms with van der Waals surface area (Å²) in [6, 6.07) is 4.81. The molecule has 2 aliphatic heterocycles. The largest absolute Gasteiger partial charge is 0.497 e. The van der Waals surface area contributed by atoms with Gasteiger partial charge in [-0.1, -0.05) is 11.8 Å². The van der Waals surface area contributed by atoms with E-state index >= 15 is 0 Å². The zero-order chi connectivity index (χ0) is 24.4. The summed E-state index contributed by atoms with van der Waals surface area (Å²) in [5.74, 6) is 0.598. The van der Waals surface area contributed by atoms with Crippen LogP contribution in [-0.2, 0) is 19.4 Å². The summed E-state index contributed by atoms with van der Waals surface area (Å²) in [5, 5.41) is 2.68. The van der Waals surface area contributed by atoms with Gasteiger partial charge in [-0.05, 0) is 32.9 Å². The fraction of sp³-hybridized carbons (Fsp3) is 0.571. The van der Waals surface area contributed by atoms with Crippen molar-refractivity contribution in [3.05, 3.63) is 18.2 Å². The van der Waals surface area contributed by atoms with E-state index in [1.165, 1.54) is 26.0 Å². The molecule has 10 nitrogen and oxygen atoms in total. The molecule has 2 heterocycles. The van der Waals surface area contributed by atoms with Gasteiger partial charge in [0.15, 0.2) is 15.0 Å². The molecule has 12 heteroatoms. The normalized spacial score (nSPS) is 22.7. The van der Waals surface area contributed by atoms with Gasteiger partial charge in [0.2, 0.25) is 5.91 Å². The number of hydrogen-bond acceptors (Lipinski definition) is 8. The number of fused-ring (bicyclic) bond motifs is 1. The third kappa shape index (κ3) is 6.32. The molecule has 0 radical (unpaired) electrons. The summed E-state index contributed by atoms with van der Waals surface area (Å²) in [5.41, 5.74) is -0.0594. The van der Waals surface area contributed by atoms with E-state index in [9.17, 15) is 18.0 Å². The molecule has 1 aromatic rings. The lowest BCUT2D eigenvalue weighted by Gasteiger charge is -2.26. The molecule has 0 bridgehead atoms. The summed E-state index contributed by atoms with van der Waals surface area (Å²) in [7, 11) is -0.162. The van der Waals surface area contributed by atoms with Gasteiger partial charge in [0.25, 0.3) is 0 Å². The summed E-state index contributed by atoms with van der Waals surface area (Å²) < 4.78 is 40.5. The number of alkyl carbamates (subject to hydrolysis) is 1. The number of nitrogens with one attached hydrogen (secondary N) is 1. The van der Waals surface area contributed by atoms with E-state index in [1.54, 1.807) is 43.9 Å². The number of benzene rings is 1. The minimum absolute atomic E-state index is 0.0124. The van der Waals surface area contributed by atoms with Gasteiger partial charge in [-0.25, -0.2) is 13.2 Å². The smallest absolute Gasteiger partial charge is 0.407 e. The molecular formula is C21H29N3O7S2. The summed E-state index contributed by atoms with van der Waals surface area (Å²) in [4.78, 5) is 30.3. The Bertz CT molecular complexity index is 1050. The maximum absolute atomic E-state index is 12.6. The zero-order valence-electron chi connectivity index (χ0n) is 19.3. The van der Waals surface area contributed by atoms with Gasteiger partial charge in [0.1, 0.15) is 17.1 Å². The Morgan fingerprint density at radius 3 is 2.58 bits per heavy atom. The standard InChI is InChI=1S/C21H29N3O7S2/c1-21(2,3)31-20(26)22-9-8-18(25)23-19-24(15-11-33(27,28)12-17(15)32-19)14-10-13(29-4)6-7-16(14)30-5/h6-7,10,15,17H,8-9,11-12H2,1-5H3,(H,22,26)/t15-,17+/m0/s1. The molecule has 182 valence electrons. The second kappa shape index (κ2) is 9.80. The number of carbonyl (C=O) groups excluding carboxylic acids is 2. The van der Waals surface area contributed by atoms with Gasteiger partial charge in [0, 0.05) is 24.3 Å². The van der Waals surface area contributed by atoms with E-state index in [-0.39, 0.29) is 35.8 Å². The van der Waals surface area contributed by atoms with Crippen LogP contribution in [0.15, 0.2) is 23.2 Å². The minimum Gasteiger partial charge on any atom is -0.497 e. The molecular weight excluding hydrogens is 470 g/mol. The third-order valence-corrected chi connectivity index (χ3v) is 8.15. The Balaban J connectivity index is 1.81. The first-order chi connectivity index (χ1) is 15.4. The second-order valence-corrected chi connectivity index (χ2v) is 12.0. The minimum atomic E-state index is -3.21. The molecule has 33 heavy (non-hydrogen) atoms. The van der Waals surface area contributed by atoms with E-state index in [1.807, 2.05) is 0 Å². The topological polar surface area (TPSA) is 124 Å². The van der Waals surface area contributed by atoms with Gasteiger partial charge < -0.3 is 24.4 Å². The number of carbonyl (C=O) groups is 2. The van der Waals surface area contributed by atoms with Crippen molar-refractivity contribution in [2.75, 3.05) is 37.2 Å². The number of sulfone groups is 1. The second-order valence-electron chi connectivity index (χ2n) is 8.68. The lowest BCUT2D eigenvalue weighted by molar-refractivity contribution is -0.117. The molecule has 0 unspecified atom stereocenters. The number of thioether (sulfide) groups is 1. The molecule has 3 rings (SSSR count). The van der Waals surface area contributed by atoms with E-state index in [0.29, 0.717) is 22.4 Å². The van der Waals surface area contributed by atoms with Crippen molar-refractivity contribution < 1.29 is 32.2 Å². The molecule has 2 saturated heterocycles. The lowest BCUT2D eigenvalue weighted by Crippen LogP contribution is -2.38. The van der Waals surface area contributed by atoms with Crippen LogP contribution in [0.2, 0.25) is 0 Å². The van der Waals surface area contributed by atoms with Gasteiger partial charge in [0.05, 0.1) is 37.5 Å². The molecule has 0 saturated carbocycles. The molecule has 2 atom stereocenters. The summed E-state index contributed by atoms with van der Waals surface area (Å²) in [6.45, 7) is 5.32. The van der Waals surface area contributed by atoms with Crippen LogP contribution < -0.4 is 19.7 Å². The molecule has 2 aliphatic rings. The van der Waals surface area contributed by atoms with Crippen molar-refractivity contribution in [2.45, 2.75) is 44.1 Å². The van der Waals surface area contributed by atoms with E-state index in [2.05, 4.69) is 10.3 Å². The monoisotopic (exact) mass is 499 g/mol. The Hall–Kier alpha value is -2.47. The summed E-state index contributed by atoms with van der Waals surface area (Å²) >= 11 is 1.26. The highest BCUT2D eigenvalue weighted by atomic mass is 32.2. The van der Waals surface area contributed by atoms with Crippen molar-refractivity contribution in [3.8, 4) is 11.5 Å². The van der Waals surface area contributed by atoms with Gasteiger partial charge in [-0.15, -0.1) is 0 Å². The lowest BCUT2D eigenvalue weighted by atomic mass is 10.2. The highest BCUT2D eigenvalue weighted by Crippen LogP contribution is 2.45. The van der Waals surface area contributed by atoms with Crippen LogP contribution in [0.25, 0.3) is 0 Å². The van der Waals surface area contributed by atoms with Crippen LogP contribution >= 0.6 is 11.8 Å². The number of aliphatic imine (C=N–C) groups is 1. The number of amidine groups is 1. The number of anilines is 1. The highest BCUT2D eigenvalue weighted by Gasteiger charge is 2.50. The Morgan fingerprint density at radius 2 is 1.94 bits per heavy atom. The first kappa shape index (κ1) is 25.2. The van der Waals surface area contributed by atoms with Crippen LogP contribution in [0.5, 0.6) is 11.5 Å². The van der Waals surface area contributed by atoms with Crippen LogP contribution in [0.4, 0.5) is 10.5 Å². The van der Waals surface area contributed by atoms with E-state index in [4.69, 9.17) is 14.2 Å². The first-order valence-corrected chi connectivity index (χ1v) is 13.1. The van der Waals surface area contributed by atoms with Crippen molar-refractivity contribution in [1.82, 2.24) is 5.32 Å². The molecule has 2 amide bonds. The predicted molar refractivity (Wildman–Crippen MR) is 127 cm³/mol. The number of methoxy groups -OCH3 is 2. The maximum Gasteiger partial charge on any atom is 0.407 e. The van der Waals surface area contributed by atoms with E-state index in [0.717, 1.165) is 0 Å². The number of rotatable bonds is 6. The molecule has 2 fully saturated rings. The van der Waals surface area contributed by atoms with Crippen molar-refractivity contribution >= 4 is 44.5 Å². The van der Waals surface area contributed by atoms with Crippen LogP contribution in [-0.4, -0.2) is 74.7 Å². The molecule has 1 aromatic carbocycles. The average Bonchev–Trinajstić information content (AvgIpc) is 3.16. The zero-order valence-corrected chi connectivity index (χ0v) is 20.9. The highest BCUT2D eigenvalue weighted by molar-refractivity contribution is 8.16. The Labute approximate surface area is 198 Å².